The van der Waals surface area contributed by atoms with Gasteiger partial charge in [-0.1, -0.05) is 11.6 Å². The van der Waals surface area contributed by atoms with Crippen molar-refractivity contribution in [3.8, 4) is 5.75 Å². The molecule has 1 N–H and O–H groups in total. The van der Waals surface area contributed by atoms with E-state index in [-0.39, 0.29) is 24.2 Å². The van der Waals surface area contributed by atoms with Crippen LogP contribution in [-0.4, -0.2) is 69.8 Å². The highest BCUT2D eigenvalue weighted by Gasteiger charge is 2.36. The summed E-state index contributed by atoms with van der Waals surface area (Å²) in [5.74, 6) is 0.0160. The molecule has 148 valence electrons. The first kappa shape index (κ1) is 19.9. The van der Waals surface area contributed by atoms with E-state index in [0.717, 1.165) is 38.4 Å². The lowest BCUT2D eigenvalue weighted by Gasteiger charge is -2.26. The molecule has 0 radical (unpaired) electrons. The molecule has 7 nitrogen and oxygen atoms in total. The van der Waals surface area contributed by atoms with Gasteiger partial charge in [-0.05, 0) is 18.6 Å². The summed E-state index contributed by atoms with van der Waals surface area (Å²) in [7, 11) is 1.54. The lowest BCUT2D eigenvalue weighted by molar-refractivity contribution is -0.126. The average Bonchev–Trinajstić information content (AvgIpc) is 3.06. The van der Waals surface area contributed by atoms with E-state index < -0.39 is 0 Å². The van der Waals surface area contributed by atoms with E-state index in [1.807, 2.05) is 13.0 Å². The SMILES string of the molecule is COc1cc(Cl)c(C)cc1N1CC(C(=O)NCCN2CCOCC2)CC1=O. The number of aryl methyl sites for hydroxylation is 1. The highest BCUT2D eigenvalue weighted by Crippen LogP contribution is 2.36. The number of anilines is 1. The third-order valence-corrected chi connectivity index (χ3v) is 5.48. The molecule has 1 atom stereocenters. The summed E-state index contributed by atoms with van der Waals surface area (Å²) in [6.07, 6.45) is 0.203. The first-order valence-corrected chi connectivity index (χ1v) is 9.59. The van der Waals surface area contributed by atoms with Crippen LogP contribution in [0, 0.1) is 12.8 Å². The van der Waals surface area contributed by atoms with Crippen molar-refractivity contribution in [3.05, 3.63) is 22.7 Å². The van der Waals surface area contributed by atoms with Gasteiger partial charge in [0.1, 0.15) is 5.75 Å². The minimum Gasteiger partial charge on any atom is -0.495 e. The van der Waals surface area contributed by atoms with Gasteiger partial charge in [-0.2, -0.15) is 0 Å². The molecule has 0 aromatic heterocycles. The van der Waals surface area contributed by atoms with Crippen molar-refractivity contribution >= 4 is 29.1 Å². The molecule has 27 heavy (non-hydrogen) atoms. The molecule has 8 heteroatoms. The van der Waals surface area contributed by atoms with Crippen LogP contribution in [0.5, 0.6) is 5.75 Å². The van der Waals surface area contributed by atoms with Gasteiger partial charge in [0.05, 0.1) is 31.9 Å². The number of ether oxygens (including phenoxy) is 2. The lowest BCUT2D eigenvalue weighted by atomic mass is 10.1. The number of nitrogens with one attached hydrogen (secondary N) is 1. The molecule has 2 aliphatic heterocycles. The number of amides is 2. The fourth-order valence-corrected chi connectivity index (χ4v) is 3.60. The maximum Gasteiger partial charge on any atom is 0.227 e. The Balaban J connectivity index is 1.58. The van der Waals surface area contributed by atoms with E-state index in [9.17, 15) is 9.59 Å². The van der Waals surface area contributed by atoms with E-state index in [1.165, 1.54) is 0 Å². The Hall–Kier alpha value is -1.83. The van der Waals surface area contributed by atoms with Crippen LogP contribution in [0.1, 0.15) is 12.0 Å². The van der Waals surface area contributed by atoms with Crippen LogP contribution >= 0.6 is 11.6 Å². The summed E-state index contributed by atoms with van der Waals surface area (Å²) in [6, 6.07) is 3.53. The smallest absolute Gasteiger partial charge is 0.227 e. The van der Waals surface area contributed by atoms with Gasteiger partial charge in [0, 0.05) is 50.2 Å². The lowest BCUT2D eigenvalue weighted by Crippen LogP contribution is -2.42. The second-order valence-corrected chi connectivity index (χ2v) is 7.33. The Bertz CT molecular complexity index is 706. The summed E-state index contributed by atoms with van der Waals surface area (Å²) in [5, 5.41) is 3.54. The topological polar surface area (TPSA) is 71.1 Å². The van der Waals surface area contributed by atoms with Crippen LogP contribution in [0.15, 0.2) is 12.1 Å². The van der Waals surface area contributed by atoms with Gasteiger partial charge in [-0.15, -0.1) is 0 Å². The molecule has 1 aromatic carbocycles. The van der Waals surface area contributed by atoms with Crippen molar-refractivity contribution in [3.63, 3.8) is 0 Å². The summed E-state index contributed by atoms with van der Waals surface area (Å²) >= 11 is 6.15. The molecule has 2 amide bonds. The Morgan fingerprint density at radius 3 is 2.81 bits per heavy atom. The van der Waals surface area contributed by atoms with E-state index in [4.69, 9.17) is 21.1 Å². The maximum absolute atomic E-state index is 12.5. The highest BCUT2D eigenvalue weighted by molar-refractivity contribution is 6.31. The summed E-state index contributed by atoms with van der Waals surface area (Å²) in [5.41, 5.74) is 1.52. The molecule has 0 saturated carbocycles. The van der Waals surface area contributed by atoms with Crippen LogP contribution in [0.3, 0.4) is 0 Å². The molecule has 1 unspecified atom stereocenters. The Kier molecular flexibility index (Phi) is 6.57. The number of carbonyl (C=O) groups is 2. The molecule has 3 rings (SSSR count). The minimum absolute atomic E-state index is 0.0799. The largest absolute Gasteiger partial charge is 0.495 e. The maximum atomic E-state index is 12.5. The number of nitrogens with zero attached hydrogens (tertiary/aromatic N) is 2. The molecule has 2 heterocycles. The molecule has 2 saturated heterocycles. The second-order valence-electron chi connectivity index (χ2n) is 6.92. The third kappa shape index (κ3) is 4.72. The summed E-state index contributed by atoms with van der Waals surface area (Å²) in [6.45, 7) is 6.85. The van der Waals surface area contributed by atoms with E-state index >= 15 is 0 Å². The molecular weight excluding hydrogens is 370 g/mol. The Morgan fingerprint density at radius 1 is 1.37 bits per heavy atom. The van der Waals surface area contributed by atoms with Gasteiger partial charge >= 0.3 is 0 Å². The van der Waals surface area contributed by atoms with Crippen molar-refractivity contribution < 1.29 is 19.1 Å². The zero-order valence-corrected chi connectivity index (χ0v) is 16.6. The zero-order chi connectivity index (χ0) is 19.4. The fraction of sp³-hybridized carbons (Fsp3) is 0.579. The summed E-state index contributed by atoms with van der Waals surface area (Å²) < 4.78 is 10.7. The highest BCUT2D eigenvalue weighted by atomic mass is 35.5. The van der Waals surface area contributed by atoms with Crippen molar-refractivity contribution in [1.29, 1.82) is 0 Å². The normalized spacial score (nSPS) is 20.8. The number of halogens is 1. The average molecular weight is 396 g/mol. The van der Waals surface area contributed by atoms with Crippen molar-refractivity contribution in [2.45, 2.75) is 13.3 Å². The van der Waals surface area contributed by atoms with Gasteiger partial charge in [0.15, 0.2) is 0 Å². The van der Waals surface area contributed by atoms with Crippen LogP contribution in [0.25, 0.3) is 0 Å². The quantitative estimate of drug-likeness (QED) is 0.789. The van der Waals surface area contributed by atoms with E-state index in [2.05, 4.69) is 10.2 Å². The number of hydrogen-bond acceptors (Lipinski definition) is 5. The Labute approximate surface area is 164 Å². The first-order chi connectivity index (χ1) is 13.0. The monoisotopic (exact) mass is 395 g/mol. The molecule has 2 fully saturated rings. The molecule has 0 spiro atoms. The first-order valence-electron chi connectivity index (χ1n) is 9.22. The van der Waals surface area contributed by atoms with Crippen molar-refractivity contribution in [2.75, 3.05) is 57.9 Å². The zero-order valence-electron chi connectivity index (χ0n) is 15.8. The molecule has 0 aliphatic carbocycles. The van der Waals surface area contributed by atoms with Gasteiger partial charge in [-0.25, -0.2) is 0 Å². The number of methoxy groups -OCH3 is 1. The van der Waals surface area contributed by atoms with Gasteiger partial charge in [0.25, 0.3) is 0 Å². The number of rotatable bonds is 6. The number of morpholine rings is 1. The predicted molar refractivity (Wildman–Crippen MR) is 103 cm³/mol. The number of carbonyl (C=O) groups excluding carboxylic acids is 2. The van der Waals surface area contributed by atoms with E-state index in [1.54, 1.807) is 18.1 Å². The predicted octanol–water partition coefficient (Wildman–Crippen LogP) is 1.46. The van der Waals surface area contributed by atoms with Crippen LogP contribution in [0.2, 0.25) is 5.02 Å². The van der Waals surface area contributed by atoms with Crippen LogP contribution < -0.4 is 15.0 Å². The second kappa shape index (κ2) is 8.91. The van der Waals surface area contributed by atoms with Crippen molar-refractivity contribution in [2.24, 2.45) is 5.92 Å². The Morgan fingerprint density at radius 2 is 2.11 bits per heavy atom. The van der Waals surface area contributed by atoms with Gasteiger partial charge in [0.2, 0.25) is 11.8 Å². The molecular formula is C19H26ClN3O4. The molecule has 0 bridgehead atoms. The third-order valence-electron chi connectivity index (χ3n) is 5.08. The fourth-order valence-electron chi connectivity index (χ4n) is 3.44. The molecule has 1 aromatic rings. The van der Waals surface area contributed by atoms with Gasteiger partial charge in [-0.3, -0.25) is 14.5 Å². The summed E-state index contributed by atoms with van der Waals surface area (Å²) in [4.78, 5) is 28.9. The van der Waals surface area contributed by atoms with E-state index in [0.29, 0.717) is 29.5 Å². The standard InChI is InChI=1S/C19H26ClN3O4/c1-13-9-16(17(26-2)11-15(13)20)23-12-14(10-18(23)24)19(25)21-3-4-22-5-7-27-8-6-22/h9,11,14H,3-8,10,12H2,1-2H3,(H,21,25). The van der Waals surface area contributed by atoms with Crippen LogP contribution in [0.4, 0.5) is 5.69 Å². The molecule has 2 aliphatic rings. The number of hydrogen-bond donors (Lipinski definition) is 1. The number of benzene rings is 1. The minimum atomic E-state index is -0.358. The van der Waals surface area contributed by atoms with Gasteiger partial charge < -0.3 is 19.7 Å². The van der Waals surface area contributed by atoms with Crippen LogP contribution in [-0.2, 0) is 14.3 Å². The van der Waals surface area contributed by atoms with Crippen molar-refractivity contribution in [1.82, 2.24) is 10.2 Å².